The van der Waals surface area contributed by atoms with Crippen LogP contribution in [0.3, 0.4) is 0 Å². The molecule has 5 atom stereocenters. The van der Waals surface area contributed by atoms with Crippen LogP contribution in [0.25, 0.3) is 0 Å². The lowest BCUT2D eigenvalue weighted by Crippen LogP contribution is -2.30. The number of allylic oxidation sites excluding steroid dienone is 22. The van der Waals surface area contributed by atoms with Crippen LogP contribution in [-0.2, 0) is 65.4 Å². The maximum atomic E-state index is 13.1. The molecular weight excluding hydrogens is 1400 g/mol. The van der Waals surface area contributed by atoms with E-state index < -0.39 is 97.5 Å². The fourth-order valence-corrected chi connectivity index (χ4v) is 12.8. The molecule has 0 saturated heterocycles. The smallest absolute Gasteiger partial charge is 0.462 e. The molecule has 0 amide bonds. The number of rotatable bonds is 79. The highest BCUT2D eigenvalue weighted by Gasteiger charge is 2.30. The van der Waals surface area contributed by atoms with Gasteiger partial charge >= 0.3 is 39.5 Å². The molecule has 0 aliphatic carbocycles. The molecule has 0 aliphatic heterocycles. The molecule has 17 nitrogen and oxygen atoms in total. The monoisotopic (exact) mass is 1560 g/mol. The van der Waals surface area contributed by atoms with Gasteiger partial charge in [0.25, 0.3) is 0 Å². The Hall–Kier alpha value is -4.80. The van der Waals surface area contributed by atoms with E-state index in [1.165, 1.54) is 109 Å². The topological polar surface area (TPSA) is 237 Å². The molecular formula is C89H152O17P2. The number of esters is 4. The quantitative estimate of drug-likeness (QED) is 0.0169. The minimum atomic E-state index is -5.00. The molecule has 0 heterocycles. The van der Waals surface area contributed by atoms with E-state index in [1.54, 1.807) is 0 Å². The van der Waals surface area contributed by atoms with E-state index in [1.807, 2.05) is 0 Å². The van der Waals surface area contributed by atoms with Crippen LogP contribution >= 0.6 is 15.6 Å². The summed E-state index contributed by atoms with van der Waals surface area (Å²) >= 11 is 0. The summed E-state index contributed by atoms with van der Waals surface area (Å²) in [6, 6.07) is 0. The highest BCUT2D eigenvalue weighted by molar-refractivity contribution is 7.47. The number of phosphoric ester groups is 2. The fraction of sp³-hybridized carbons (Fsp3) is 0.708. The van der Waals surface area contributed by atoms with Crippen molar-refractivity contribution >= 4 is 39.5 Å². The molecule has 19 heteroatoms. The average molecular weight is 1560 g/mol. The van der Waals surface area contributed by atoms with Gasteiger partial charge in [-0.1, -0.05) is 315 Å². The standard InChI is InChI=1S/C89H152O17P2/c1-5-9-13-17-21-25-29-33-37-39-41-43-47-50-54-58-62-66-70-74-87(92)100-80-85(106-89(94)76-72-68-64-60-56-52-48-44-42-40-38-34-30-26-22-18-14-10-6-2)82-104-108(97,98)102-78-83(90)77-101-107(95,96)103-81-84(105-88(93)75-71-67-63-59-55-51-46-36-32-28-24-20-16-12-8-4)79-99-86(91)73-69-65-61-57-53-49-45-35-31-27-23-19-15-11-7-3/h9-10,13-14,21-22,25-26,33-34,36-38,41-44,46,50,52,54,56,83-85,90H,5-8,11-12,15-20,23-24,27-32,35,39-40,45,47-49,51,53,55,57-82H2,1-4H3,(H,95,96)(H,97,98)/b13-9-,14-10-,25-21-,26-22-,37-33-,38-34-,43-41-,44-42-,46-36-,54-50-,56-52-/t83-,84+,85+/m0/s1. The summed E-state index contributed by atoms with van der Waals surface area (Å²) in [6.07, 6.45) is 91.3. The van der Waals surface area contributed by atoms with Crippen molar-refractivity contribution in [2.45, 2.75) is 367 Å². The minimum absolute atomic E-state index is 0.0446. The number of carbonyl (C=O) groups excluding carboxylic acids is 4. The molecule has 620 valence electrons. The molecule has 0 aromatic carbocycles. The molecule has 2 unspecified atom stereocenters. The molecule has 0 aromatic heterocycles. The zero-order valence-corrected chi connectivity index (χ0v) is 69.8. The molecule has 0 rings (SSSR count). The summed E-state index contributed by atoms with van der Waals surface area (Å²) < 4.78 is 68.7. The number of carbonyl (C=O) groups is 4. The Balaban J connectivity index is 5.45. The van der Waals surface area contributed by atoms with Gasteiger partial charge in [0.05, 0.1) is 26.4 Å². The van der Waals surface area contributed by atoms with Crippen molar-refractivity contribution in [3.8, 4) is 0 Å². The summed E-state index contributed by atoms with van der Waals surface area (Å²) in [7, 11) is -9.99. The highest BCUT2D eigenvalue weighted by atomic mass is 31.2. The summed E-state index contributed by atoms with van der Waals surface area (Å²) in [4.78, 5) is 73.2. The maximum absolute atomic E-state index is 13.1. The Morgan fingerprint density at radius 2 is 0.481 bits per heavy atom. The van der Waals surface area contributed by atoms with E-state index in [0.29, 0.717) is 25.7 Å². The lowest BCUT2D eigenvalue weighted by Gasteiger charge is -2.21. The Bertz CT molecular complexity index is 2560. The van der Waals surface area contributed by atoms with E-state index in [0.717, 1.165) is 161 Å². The number of aliphatic hydroxyl groups excluding tert-OH is 1. The highest BCUT2D eigenvalue weighted by Crippen LogP contribution is 2.45. The van der Waals surface area contributed by atoms with E-state index in [2.05, 4.69) is 161 Å². The van der Waals surface area contributed by atoms with Crippen molar-refractivity contribution in [3.63, 3.8) is 0 Å². The van der Waals surface area contributed by atoms with Gasteiger partial charge in [-0.15, -0.1) is 0 Å². The molecule has 108 heavy (non-hydrogen) atoms. The second-order valence-electron chi connectivity index (χ2n) is 28.0. The van der Waals surface area contributed by atoms with Gasteiger partial charge in [-0.3, -0.25) is 37.3 Å². The number of hydrogen-bond acceptors (Lipinski definition) is 15. The molecule has 0 fully saturated rings. The molecule has 0 aromatic rings. The van der Waals surface area contributed by atoms with E-state index in [-0.39, 0.29) is 25.7 Å². The second-order valence-corrected chi connectivity index (χ2v) is 30.9. The van der Waals surface area contributed by atoms with Crippen molar-refractivity contribution < 1.29 is 80.2 Å². The lowest BCUT2D eigenvalue weighted by atomic mass is 10.0. The summed E-state index contributed by atoms with van der Waals surface area (Å²) in [5.74, 6) is -2.24. The first-order chi connectivity index (χ1) is 52.7. The SMILES string of the molecule is CC/C=C\C/C=C\C/C=C\C/C=C\C/C=C\CCCCCC(=O)OC[C@H](COP(=O)(O)OC[C@@H](O)COP(=O)(O)OC[C@@H](COC(=O)CCCCCCCCCCCCCCCCC)OC(=O)CCCCCCC/C=C\CCCCCCCC)OC(=O)CCCCC/C=C\C/C=C\C/C=C\C/C=C\C/C=C\CC. The molecule has 0 saturated carbocycles. The number of ether oxygens (including phenoxy) is 4. The molecule has 0 aliphatic rings. The fourth-order valence-electron chi connectivity index (χ4n) is 11.2. The van der Waals surface area contributed by atoms with Crippen molar-refractivity contribution in [3.05, 3.63) is 134 Å². The van der Waals surface area contributed by atoms with Crippen LogP contribution in [-0.4, -0.2) is 96.7 Å². The van der Waals surface area contributed by atoms with Crippen molar-refractivity contribution in [1.29, 1.82) is 0 Å². The maximum Gasteiger partial charge on any atom is 0.472 e. The van der Waals surface area contributed by atoms with Crippen LogP contribution in [0, 0.1) is 0 Å². The van der Waals surface area contributed by atoms with Gasteiger partial charge in [-0.05, 0) is 141 Å². The van der Waals surface area contributed by atoms with E-state index >= 15 is 0 Å². The van der Waals surface area contributed by atoms with Gasteiger partial charge in [0, 0.05) is 25.7 Å². The normalized spacial score (nSPS) is 14.5. The first-order valence-corrected chi connectivity index (χ1v) is 45.4. The van der Waals surface area contributed by atoms with Crippen LogP contribution in [0.2, 0.25) is 0 Å². The van der Waals surface area contributed by atoms with Gasteiger partial charge in [0.15, 0.2) is 12.2 Å². The van der Waals surface area contributed by atoms with Crippen molar-refractivity contribution in [1.82, 2.24) is 0 Å². The number of aliphatic hydroxyl groups is 1. The first-order valence-electron chi connectivity index (χ1n) is 42.4. The minimum Gasteiger partial charge on any atom is -0.462 e. The summed E-state index contributed by atoms with van der Waals surface area (Å²) in [6.45, 7) is 4.61. The van der Waals surface area contributed by atoms with Crippen LogP contribution in [0.4, 0.5) is 0 Å². The number of hydrogen-bond donors (Lipinski definition) is 3. The molecule has 0 bridgehead atoms. The molecule has 3 N–H and O–H groups in total. The third-order valence-corrected chi connectivity index (χ3v) is 19.5. The van der Waals surface area contributed by atoms with Gasteiger partial charge in [-0.25, -0.2) is 9.13 Å². The lowest BCUT2D eigenvalue weighted by molar-refractivity contribution is -0.161. The van der Waals surface area contributed by atoms with Gasteiger partial charge in [0.1, 0.15) is 19.3 Å². The second kappa shape index (κ2) is 80.3. The predicted octanol–water partition coefficient (Wildman–Crippen LogP) is 25.2. The van der Waals surface area contributed by atoms with E-state index in [4.69, 9.17) is 37.0 Å². The van der Waals surface area contributed by atoms with Gasteiger partial charge < -0.3 is 33.8 Å². The van der Waals surface area contributed by atoms with Crippen LogP contribution in [0.5, 0.6) is 0 Å². The van der Waals surface area contributed by atoms with E-state index in [9.17, 15) is 43.2 Å². The zero-order valence-electron chi connectivity index (χ0n) is 68.0. The number of unbranched alkanes of at least 4 members (excludes halogenated alkanes) is 31. The Morgan fingerprint density at radius 1 is 0.269 bits per heavy atom. The predicted molar refractivity (Wildman–Crippen MR) is 445 cm³/mol. The zero-order chi connectivity index (χ0) is 78.9. The third-order valence-electron chi connectivity index (χ3n) is 17.6. The van der Waals surface area contributed by atoms with Crippen LogP contribution in [0.1, 0.15) is 349 Å². The van der Waals surface area contributed by atoms with Gasteiger partial charge in [-0.2, -0.15) is 0 Å². The third kappa shape index (κ3) is 79.3. The largest absolute Gasteiger partial charge is 0.472 e. The Kier molecular flexibility index (Phi) is 76.7. The van der Waals surface area contributed by atoms with Crippen LogP contribution in [0.15, 0.2) is 134 Å². The van der Waals surface area contributed by atoms with Gasteiger partial charge in [0.2, 0.25) is 0 Å². The molecule has 0 radical (unpaired) electrons. The summed E-state index contributed by atoms with van der Waals surface area (Å²) in [5.41, 5.74) is 0. The average Bonchev–Trinajstić information content (AvgIpc) is 0.896. The van der Waals surface area contributed by atoms with Crippen LogP contribution < -0.4 is 0 Å². The number of phosphoric acid groups is 2. The van der Waals surface area contributed by atoms with Crippen molar-refractivity contribution in [2.75, 3.05) is 39.6 Å². The Labute approximate surface area is 656 Å². The first kappa shape index (κ1) is 103. The summed E-state index contributed by atoms with van der Waals surface area (Å²) in [5, 5.41) is 10.7. The van der Waals surface area contributed by atoms with Crippen molar-refractivity contribution in [2.24, 2.45) is 0 Å². The molecule has 0 spiro atoms. The Morgan fingerprint density at radius 3 is 0.759 bits per heavy atom.